The topological polar surface area (TPSA) is 61.7 Å². The van der Waals surface area contributed by atoms with Crippen molar-refractivity contribution in [3.63, 3.8) is 0 Å². The van der Waals surface area contributed by atoms with Crippen molar-refractivity contribution < 1.29 is 4.42 Å². The minimum atomic E-state index is 0.551. The van der Waals surface area contributed by atoms with Gasteiger partial charge in [-0.3, -0.25) is 4.57 Å². The monoisotopic (exact) mass is 859 g/mol. The van der Waals surface area contributed by atoms with E-state index in [1.807, 2.05) is 6.07 Å². The number of furan rings is 1. The Hall–Kier alpha value is -8.65. The van der Waals surface area contributed by atoms with Crippen LogP contribution in [0.15, 0.2) is 205 Å². The number of fused-ring (bicyclic) bond motifs is 14. The summed E-state index contributed by atoms with van der Waals surface area (Å²) >= 11 is 1.79. The molecule has 5 aromatic heterocycles. The van der Waals surface area contributed by atoms with E-state index in [1.54, 1.807) is 11.3 Å². The maximum absolute atomic E-state index is 7.06. The van der Waals surface area contributed by atoms with Gasteiger partial charge < -0.3 is 8.98 Å². The Balaban J connectivity index is 1.04. The molecule has 0 saturated carbocycles. The summed E-state index contributed by atoms with van der Waals surface area (Å²) in [4.78, 5) is 16.2. The Labute approximate surface area is 379 Å². The lowest BCUT2D eigenvalue weighted by Crippen LogP contribution is -2.06. The number of benzene rings is 10. The van der Waals surface area contributed by atoms with Gasteiger partial charge in [0.15, 0.2) is 17.2 Å². The molecule has 0 aliphatic rings. The number of rotatable bonds is 4. The molecule has 15 aromatic rings. The molecule has 0 fully saturated rings. The highest BCUT2D eigenvalue weighted by Gasteiger charge is 2.25. The highest BCUT2D eigenvalue weighted by molar-refractivity contribution is 7.25. The third-order valence-electron chi connectivity index (χ3n) is 13.5. The Morgan fingerprint density at radius 3 is 1.64 bits per heavy atom. The molecular formula is C59H33N5OS. The molecule has 6 nitrogen and oxygen atoms in total. The zero-order valence-electron chi connectivity index (χ0n) is 35.1. The van der Waals surface area contributed by atoms with Crippen molar-refractivity contribution >= 4 is 119 Å². The minimum absolute atomic E-state index is 0.551. The van der Waals surface area contributed by atoms with E-state index >= 15 is 0 Å². The molecule has 10 aromatic carbocycles. The van der Waals surface area contributed by atoms with Gasteiger partial charge in [-0.05, 0) is 88.3 Å². The zero-order chi connectivity index (χ0) is 43.0. The third kappa shape index (κ3) is 5.08. The summed E-state index contributed by atoms with van der Waals surface area (Å²) in [5.41, 5.74) is 8.58. The molecule has 0 saturated heterocycles. The van der Waals surface area contributed by atoms with Crippen LogP contribution in [-0.2, 0) is 0 Å². The van der Waals surface area contributed by atoms with E-state index in [1.165, 1.54) is 52.5 Å². The fraction of sp³-hybridized carbons (Fsp3) is 0. The Bertz CT molecular complexity index is 4400. The van der Waals surface area contributed by atoms with E-state index in [2.05, 4.69) is 203 Å². The normalized spacial score (nSPS) is 12.2. The van der Waals surface area contributed by atoms with Crippen LogP contribution in [0.5, 0.6) is 0 Å². The average molecular weight is 860 g/mol. The Morgan fingerprint density at radius 2 is 0.939 bits per heavy atom. The molecule has 66 heavy (non-hydrogen) atoms. The van der Waals surface area contributed by atoms with Crippen LogP contribution in [0.25, 0.3) is 142 Å². The molecule has 5 heterocycles. The number of nitrogens with zero attached hydrogens (tertiary/aromatic N) is 5. The predicted molar refractivity (Wildman–Crippen MR) is 275 cm³/mol. The third-order valence-corrected chi connectivity index (χ3v) is 14.7. The van der Waals surface area contributed by atoms with Gasteiger partial charge in [-0.1, -0.05) is 133 Å². The first-order valence-corrected chi connectivity index (χ1v) is 23.0. The van der Waals surface area contributed by atoms with E-state index < -0.39 is 0 Å². The predicted octanol–water partition coefficient (Wildman–Crippen LogP) is 16.0. The molecule has 0 N–H and O–H groups in total. The molecule has 306 valence electrons. The van der Waals surface area contributed by atoms with Crippen LogP contribution >= 0.6 is 11.3 Å². The number of hydrogen-bond acceptors (Lipinski definition) is 5. The van der Waals surface area contributed by atoms with E-state index in [9.17, 15) is 0 Å². The van der Waals surface area contributed by atoms with Gasteiger partial charge in [0, 0.05) is 63.6 Å². The summed E-state index contributed by atoms with van der Waals surface area (Å²) in [6.45, 7) is 0. The van der Waals surface area contributed by atoms with Crippen LogP contribution in [0.3, 0.4) is 0 Å². The molecule has 0 bridgehead atoms. The van der Waals surface area contributed by atoms with Crippen molar-refractivity contribution in [2.75, 3.05) is 0 Å². The van der Waals surface area contributed by atoms with Gasteiger partial charge in [-0.25, -0.2) is 4.98 Å². The van der Waals surface area contributed by atoms with Crippen LogP contribution in [0.4, 0.5) is 0 Å². The number of hydrogen-bond donors (Lipinski definition) is 0. The second kappa shape index (κ2) is 13.4. The molecule has 0 aliphatic carbocycles. The number of aromatic nitrogens is 5. The molecule has 7 heteroatoms. The second-order valence-electron chi connectivity index (χ2n) is 17.2. The van der Waals surface area contributed by atoms with Crippen molar-refractivity contribution in [2.24, 2.45) is 0 Å². The molecule has 0 amide bonds. The molecule has 0 aliphatic heterocycles. The minimum Gasteiger partial charge on any atom is -0.454 e. The zero-order valence-corrected chi connectivity index (χ0v) is 35.9. The first-order valence-electron chi connectivity index (χ1n) is 22.2. The van der Waals surface area contributed by atoms with Gasteiger partial charge in [0.1, 0.15) is 5.58 Å². The summed E-state index contributed by atoms with van der Waals surface area (Å²) in [5, 5.41) is 13.9. The first kappa shape index (κ1) is 35.8. The maximum Gasteiger partial charge on any atom is 0.238 e. The summed E-state index contributed by atoms with van der Waals surface area (Å²) < 4.78 is 14.1. The van der Waals surface area contributed by atoms with Crippen molar-refractivity contribution in [2.45, 2.75) is 0 Å². The molecule has 0 unspecified atom stereocenters. The molecule has 0 radical (unpaired) electrons. The van der Waals surface area contributed by atoms with E-state index in [-0.39, 0.29) is 0 Å². The molecule has 0 atom stereocenters. The van der Waals surface area contributed by atoms with Crippen molar-refractivity contribution in [3.8, 4) is 34.4 Å². The second-order valence-corrected chi connectivity index (χ2v) is 18.2. The van der Waals surface area contributed by atoms with Crippen LogP contribution in [0.2, 0.25) is 0 Å². The Kier molecular flexibility index (Phi) is 7.28. The van der Waals surface area contributed by atoms with Gasteiger partial charge in [0.25, 0.3) is 0 Å². The van der Waals surface area contributed by atoms with Gasteiger partial charge in [-0.15, -0.1) is 11.3 Å². The van der Waals surface area contributed by atoms with Gasteiger partial charge in [0.2, 0.25) is 5.95 Å². The molecule has 15 rings (SSSR count). The van der Waals surface area contributed by atoms with Gasteiger partial charge >= 0.3 is 0 Å². The van der Waals surface area contributed by atoms with E-state index in [0.29, 0.717) is 17.6 Å². The highest BCUT2D eigenvalue weighted by atomic mass is 32.1. The largest absolute Gasteiger partial charge is 0.454 e. The van der Waals surface area contributed by atoms with Crippen LogP contribution in [-0.4, -0.2) is 24.1 Å². The van der Waals surface area contributed by atoms with E-state index in [4.69, 9.17) is 19.4 Å². The van der Waals surface area contributed by atoms with Crippen molar-refractivity contribution in [1.29, 1.82) is 0 Å². The number of thiophene rings is 1. The van der Waals surface area contributed by atoms with Gasteiger partial charge in [0.05, 0.1) is 27.8 Å². The lowest BCUT2D eigenvalue weighted by Gasteiger charge is -2.14. The smallest absolute Gasteiger partial charge is 0.238 e. The van der Waals surface area contributed by atoms with Gasteiger partial charge in [-0.2, -0.15) is 9.97 Å². The van der Waals surface area contributed by atoms with Crippen molar-refractivity contribution in [1.82, 2.24) is 24.1 Å². The van der Waals surface area contributed by atoms with Crippen LogP contribution < -0.4 is 0 Å². The lowest BCUT2D eigenvalue weighted by atomic mass is 10.0. The number of para-hydroxylation sites is 3. The highest BCUT2D eigenvalue weighted by Crippen LogP contribution is 2.44. The summed E-state index contributed by atoms with van der Waals surface area (Å²) in [5.74, 6) is 1.72. The molecular weight excluding hydrogens is 827 g/mol. The SMILES string of the molecule is c1ccc2cc3c(cc2c1)c1cc2ccccc2cc1n3-c1ccc(-c2nc(-c3ccc4c(c3)sc3ccccc34)nc(-n3c4ccccc4c4ccccc43)n2)c2c1oc1ccccc12. The summed E-state index contributed by atoms with van der Waals surface area (Å²) in [6, 6.07) is 71.4. The lowest BCUT2D eigenvalue weighted by molar-refractivity contribution is 0.666. The van der Waals surface area contributed by atoms with Crippen molar-refractivity contribution in [3.05, 3.63) is 200 Å². The quantitative estimate of drug-likeness (QED) is 0.177. The van der Waals surface area contributed by atoms with E-state index in [0.717, 1.165) is 71.6 Å². The fourth-order valence-electron chi connectivity index (χ4n) is 10.5. The fourth-order valence-corrected chi connectivity index (χ4v) is 11.7. The summed E-state index contributed by atoms with van der Waals surface area (Å²) in [7, 11) is 0. The average Bonchev–Trinajstić information content (AvgIpc) is 4.12. The Morgan fingerprint density at radius 1 is 0.379 bits per heavy atom. The molecule has 0 spiro atoms. The first-order chi connectivity index (χ1) is 32.7. The standard InChI is InChI=1S/C59H33N5OS/c1-3-15-36-31-50-45(29-34(36)13-1)46-30-35-14-2-4-16-37(35)32-51(46)63(50)49-28-27-44(55-43-20-7-11-23-52(43)65-56(49)55)58-60-57(38-25-26-42-41-19-8-12-24-53(41)66-54(42)33-38)61-59(62-58)64-47-21-9-5-17-39(47)40-18-6-10-22-48(40)64/h1-33H. The maximum atomic E-state index is 7.06. The summed E-state index contributed by atoms with van der Waals surface area (Å²) in [6.07, 6.45) is 0. The van der Waals surface area contributed by atoms with Crippen LogP contribution in [0, 0.1) is 0 Å². The van der Waals surface area contributed by atoms with Crippen LogP contribution in [0.1, 0.15) is 0 Å².